The maximum absolute atomic E-state index is 2.41. The van der Waals surface area contributed by atoms with Crippen molar-refractivity contribution in [3.63, 3.8) is 0 Å². The average Bonchev–Trinajstić information content (AvgIpc) is 3.55. The van der Waals surface area contributed by atoms with E-state index in [2.05, 4.69) is 193 Å². The van der Waals surface area contributed by atoms with Gasteiger partial charge in [-0.05, 0) is 115 Å². The smallest absolute Gasteiger partial charge is 0.0476 e. The van der Waals surface area contributed by atoms with E-state index in [0.717, 1.165) is 17.1 Å². The standard InChI is InChI=1S/C48H31NS/c1-2-8-32(9-3-1)36-16-17-38-27-39(19-18-37(38)26-36)40-15-14-34-21-23-43(30-41(34)28-40)49(42-22-20-33-10-4-5-11-35(33)29-42)44-24-25-46-45-12-6-7-13-47(45)50-48(46)31-44/h1-31H. The lowest BCUT2D eigenvalue weighted by Crippen LogP contribution is -2.09. The lowest BCUT2D eigenvalue weighted by molar-refractivity contribution is 1.30. The molecule has 0 radical (unpaired) electrons. The fourth-order valence-electron chi connectivity index (χ4n) is 7.40. The van der Waals surface area contributed by atoms with Crippen LogP contribution in [0.1, 0.15) is 0 Å². The minimum Gasteiger partial charge on any atom is -0.310 e. The molecule has 0 unspecified atom stereocenters. The van der Waals surface area contributed by atoms with Crippen molar-refractivity contribution in [2.45, 2.75) is 0 Å². The van der Waals surface area contributed by atoms with Crippen molar-refractivity contribution in [2.24, 2.45) is 0 Å². The molecule has 1 aromatic heterocycles. The number of anilines is 3. The monoisotopic (exact) mass is 653 g/mol. The molecule has 0 aliphatic heterocycles. The Morgan fingerprint density at radius 2 is 0.760 bits per heavy atom. The van der Waals surface area contributed by atoms with Crippen LogP contribution in [-0.2, 0) is 0 Å². The summed E-state index contributed by atoms with van der Waals surface area (Å²) in [6.07, 6.45) is 0. The molecular formula is C48H31NS. The van der Waals surface area contributed by atoms with Crippen LogP contribution in [0.4, 0.5) is 17.1 Å². The minimum absolute atomic E-state index is 1.14. The summed E-state index contributed by atoms with van der Waals surface area (Å²) in [6.45, 7) is 0. The molecule has 10 rings (SSSR count). The van der Waals surface area contributed by atoms with Crippen LogP contribution in [0.25, 0.3) is 74.7 Å². The van der Waals surface area contributed by atoms with Crippen molar-refractivity contribution >= 4 is 80.9 Å². The molecule has 9 aromatic carbocycles. The summed E-state index contributed by atoms with van der Waals surface area (Å²) in [5, 5.41) is 10.0. The summed E-state index contributed by atoms with van der Waals surface area (Å²) in [5.41, 5.74) is 8.35. The summed E-state index contributed by atoms with van der Waals surface area (Å²) in [7, 11) is 0. The van der Waals surface area contributed by atoms with Gasteiger partial charge in [0, 0.05) is 37.2 Å². The van der Waals surface area contributed by atoms with Gasteiger partial charge in [0.2, 0.25) is 0 Å². The van der Waals surface area contributed by atoms with Crippen LogP contribution in [-0.4, -0.2) is 0 Å². The second kappa shape index (κ2) is 11.7. The topological polar surface area (TPSA) is 3.24 Å². The van der Waals surface area contributed by atoms with Gasteiger partial charge in [-0.2, -0.15) is 0 Å². The van der Waals surface area contributed by atoms with Gasteiger partial charge in [-0.15, -0.1) is 11.3 Å². The molecule has 0 fully saturated rings. The first-order valence-corrected chi connectivity index (χ1v) is 17.9. The molecule has 0 saturated carbocycles. The summed E-state index contributed by atoms with van der Waals surface area (Å²) in [4.78, 5) is 2.41. The maximum Gasteiger partial charge on any atom is 0.0476 e. The largest absolute Gasteiger partial charge is 0.310 e. The molecule has 0 amide bonds. The third kappa shape index (κ3) is 5.01. The van der Waals surface area contributed by atoms with Gasteiger partial charge in [-0.3, -0.25) is 0 Å². The molecule has 0 bridgehead atoms. The fraction of sp³-hybridized carbons (Fsp3) is 0. The van der Waals surface area contributed by atoms with Gasteiger partial charge in [0.25, 0.3) is 0 Å². The van der Waals surface area contributed by atoms with Crippen LogP contribution >= 0.6 is 11.3 Å². The first kappa shape index (κ1) is 28.8. The molecule has 2 heteroatoms. The van der Waals surface area contributed by atoms with Crippen LogP contribution in [0, 0.1) is 0 Å². The lowest BCUT2D eigenvalue weighted by atomic mass is 9.96. The predicted octanol–water partition coefficient (Wildman–Crippen LogP) is 14.3. The molecule has 1 heterocycles. The molecule has 10 aromatic rings. The first-order valence-electron chi connectivity index (χ1n) is 17.1. The zero-order chi connectivity index (χ0) is 33.0. The fourth-order valence-corrected chi connectivity index (χ4v) is 8.54. The number of fused-ring (bicyclic) bond motifs is 6. The maximum atomic E-state index is 2.41. The highest BCUT2D eigenvalue weighted by atomic mass is 32.1. The Hall–Kier alpha value is -6.22. The first-order chi connectivity index (χ1) is 24.7. The van der Waals surface area contributed by atoms with Gasteiger partial charge in [-0.25, -0.2) is 0 Å². The predicted molar refractivity (Wildman–Crippen MR) is 217 cm³/mol. The Morgan fingerprint density at radius 3 is 1.52 bits per heavy atom. The van der Waals surface area contributed by atoms with Crippen LogP contribution in [0.15, 0.2) is 188 Å². The highest BCUT2D eigenvalue weighted by Gasteiger charge is 2.16. The third-order valence-electron chi connectivity index (χ3n) is 9.97. The van der Waals surface area contributed by atoms with E-state index in [0.29, 0.717) is 0 Å². The number of hydrogen-bond donors (Lipinski definition) is 0. The number of hydrogen-bond acceptors (Lipinski definition) is 2. The second-order valence-corrected chi connectivity index (χ2v) is 14.1. The number of nitrogens with zero attached hydrogens (tertiary/aromatic N) is 1. The number of rotatable bonds is 5. The van der Waals surface area contributed by atoms with Crippen molar-refractivity contribution in [3.8, 4) is 22.3 Å². The van der Waals surface area contributed by atoms with E-state index in [9.17, 15) is 0 Å². The quantitative estimate of drug-likeness (QED) is 0.179. The van der Waals surface area contributed by atoms with Crippen LogP contribution < -0.4 is 4.90 Å². The molecule has 234 valence electrons. The molecular weight excluding hydrogens is 623 g/mol. The highest BCUT2D eigenvalue weighted by molar-refractivity contribution is 7.25. The Balaban J connectivity index is 1.08. The van der Waals surface area contributed by atoms with Crippen LogP contribution in [0.5, 0.6) is 0 Å². The molecule has 0 N–H and O–H groups in total. The van der Waals surface area contributed by atoms with Gasteiger partial charge < -0.3 is 4.90 Å². The summed E-state index contributed by atoms with van der Waals surface area (Å²) in [5.74, 6) is 0. The minimum atomic E-state index is 1.14. The normalized spacial score (nSPS) is 11.6. The molecule has 0 saturated heterocycles. The lowest BCUT2D eigenvalue weighted by Gasteiger charge is -2.26. The van der Waals surface area contributed by atoms with Gasteiger partial charge in [0.1, 0.15) is 0 Å². The molecule has 1 nitrogen and oxygen atoms in total. The van der Waals surface area contributed by atoms with Crippen LogP contribution in [0.3, 0.4) is 0 Å². The van der Waals surface area contributed by atoms with Crippen molar-refractivity contribution in [1.29, 1.82) is 0 Å². The number of thiophene rings is 1. The Bertz CT molecular complexity index is 2880. The molecule has 0 aliphatic rings. The molecule has 0 spiro atoms. The van der Waals surface area contributed by atoms with E-state index < -0.39 is 0 Å². The van der Waals surface area contributed by atoms with Gasteiger partial charge in [-0.1, -0.05) is 127 Å². The molecule has 0 aliphatic carbocycles. The Morgan fingerprint density at radius 1 is 0.280 bits per heavy atom. The van der Waals surface area contributed by atoms with Crippen molar-refractivity contribution in [1.82, 2.24) is 0 Å². The highest BCUT2D eigenvalue weighted by Crippen LogP contribution is 2.42. The number of benzene rings is 9. The van der Waals surface area contributed by atoms with Crippen molar-refractivity contribution < 1.29 is 0 Å². The van der Waals surface area contributed by atoms with Crippen molar-refractivity contribution in [2.75, 3.05) is 4.90 Å². The van der Waals surface area contributed by atoms with Gasteiger partial charge in [0.05, 0.1) is 0 Å². The summed E-state index contributed by atoms with van der Waals surface area (Å²) in [6, 6.07) is 68.9. The Labute approximate surface area is 294 Å². The van der Waals surface area contributed by atoms with E-state index in [4.69, 9.17) is 0 Å². The molecule has 50 heavy (non-hydrogen) atoms. The van der Waals surface area contributed by atoms with E-state index in [-0.39, 0.29) is 0 Å². The van der Waals surface area contributed by atoms with E-state index in [1.807, 2.05) is 11.3 Å². The van der Waals surface area contributed by atoms with Crippen LogP contribution in [0.2, 0.25) is 0 Å². The van der Waals surface area contributed by atoms with E-state index >= 15 is 0 Å². The van der Waals surface area contributed by atoms with E-state index in [1.165, 1.54) is 74.7 Å². The zero-order valence-electron chi connectivity index (χ0n) is 27.3. The Kier molecular flexibility index (Phi) is 6.75. The zero-order valence-corrected chi connectivity index (χ0v) is 28.1. The summed E-state index contributed by atoms with van der Waals surface area (Å²) < 4.78 is 2.62. The van der Waals surface area contributed by atoms with Crippen molar-refractivity contribution in [3.05, 3.63) is 188 Å². The van der Waals surface area contributed by atoms with Gasteiger partial charge >= 0.3 is 0 Å². The average molecular weight is 654 g/mol. The van der Waals surface area contributed by atoms with E-state index in [1.54, 1.807) is 0 Å². The summed E-state index contributed by atoms with van der Waals surface area (Å²) >= 11 is 1.86. The third-order valence-corrected chi connectivity index (χ3v) is 11.1. The SMILES string of the molecule is c1ccc(-c2ccc3cc(-c4ccc5ccc(N(c6ccc7ccccc7c6)c6ccc7c(c6)sc6ccccc67)cc5c4)ccc3c2)cc1. The second-order valence-electron chi connectivity index (χ2n) is 13.0. The molecule has 0 atom stereocenters. The van der Waals surface area contributed by atoms with Gasteiger partial charge in [0.15, 0.2) is 0 Å².